The van der Waals surface area contributed by atoms with Crippen molar-refractivity contribution in [2.45, 2.75) is 13.5 Å². The molecule has 1 N–H and O–H groups in total. The van der Waals surface area contributed by atoms with E-state index in [1.807, 2.05) is 65.6 Å². The molecule has 3 aromatic heterocycles. The largest absolute Gasteiger partial charge is 0.348 e. The molecule has 0 saturated carbocycles. The Bertz CT molecular complexity index is 1130. The zero-order valence-electron chi connectivity index (χ0n) is 15.9. The Hall–Kier alpha value is -3.51. The number of nitrogens with one attached hydrogen (secondary N) is 1. The summed E-state index contributed by atoms with van der Waals surface area (Å²) in [6.07, 6.45) is 8.77. The van der Waals surface area contributed by atoms with Gasteiger partial charge in [-0.3, -0.25) is 9.78 Å². The lowest BCUT2D eigenvalue weighted by molar-refractivity contribution is -0.116. The number of thiophene rings is 1. The maximum atomic E-state index is 12.3. The van der Waals surface area contributed by atoms with Gasteiger partial charge in [0, 0.05) is 40.7 Å². The predicted octanol–water partition coefficient (Wildman–Crippen LogP) is 4.63. The predicted molar refractivity (Wildman–Crippen MR) is 117 cm³/mol. The van der Waals surface area contributed by atoms with Gasteiger partial charge in [-0.15, -0.1) is 11.3 Å². The van der Waals surface area contributed by atoms with Crippen molar-refractivity contribution in [3.05, 3.63) is 94.6 Å². The van der Waals surface area contributed by atoms with Crippen LogP contribution in [-0.4, -0.2) is 20.7 Å². The van der Waals surface area contributed by atoms with Gasteiger partial charge in [-0.05, 0) is 54.3 Å². The molecule has 5 nitrogen and oxygen atoms in total. The van der Waals surface area contributed by atoms with Gasteiger partial charge in [-0.1, -0.05) is 18.2 Å². The highest BCUT2D eigenvalue weighted by atomic mass is 32.1. The topological polar surface area (TPSA) is 59.8 Å². The van der Waals surface area contributed by atoms with Crippen LogP contribution in [0.15, 0.2) is 78.6 Å². The van der Waals surface area contributed by atoms with E-state index in [-0.39, 0.29) is 5.91 Å². The molecule has 6 heteroatoms. The Labute approximate surface area is 173 Å². The fourth-order valence-corrected chi connectivity index (χ4v) is 3.77. The van der Waals surface area contributed by atoms with Gasteiger partial charge in [0.2, 0.25) is 5.91 Å². The van der Waals surface area contributed by atoms with Crippen molar-refractivity contribution in [2.75, 3.05) is 0 Å². The molecule has 0 saturated heterocycles. The van der Waals surface area contributed by atoms with Crippen molar-refractivity contribution in [2.24, 2.45) is 0 Å². The molecule has 4 rings (SSSR count). The number of nitrogens with zero attached hydrogens (tertiary/aromatic N) is 3. The van der Waals surface area contributed by atoms with E-state index in [2.05, 4.69) is 16.4 Å². The maximum absolute atomic E-state index is 12.3. The molecule has 0 aliphatic heterocycles. The number of hydrogen-bond donors (Lipinski definition) is 1. The quantitative estimate of drug-likeness (QED) is 0.480. The van der Waals surface area contributed by atoms with Gasteiger partial charge in [0.15, 0.2) is 0 Å². The van der Waals surface area contributed by atoms with Crippen molar-refractivity contribution < 1.29 is 4.79 Å². The Kier molecular flexibility index (Phi) is 5.63. The van der Waals surface area contributed by atoms with E-state index in [1.54, 1.807) is 35.9 Å². The number of para-hydroxylation sites is 1. The average Bonchev–Trinajstić information content (AvgIpc) is 3.38. The molecule has 3 heterocycles. The first kappa shape index (κ1) is 18.8. The van der Waals surface area contributed by atoms with Gasteiger partial charge in [-0.2, -0.15) is 5.10 Å². The van der Waals surface area contributed by atoms with E-state index in [4.69, 9.17) is 5.10 Å². The summed E-state index contributed by atoms with van der Waals surface area (Å²) >= 11 is 1.65. The standard InChI is InChI=1S/C23H20N4OS/c1-17-11-13-29-21(17)15-25-22(28)10-9-19-16-27(20-7-3-2-4-8-20)26-23(19)18-6-5-12-24-14-18/h2-14,16H,15H2,1H3,(H,25,28)/b10-9+. The molecule has 0 spiro atoms. The smallest absolute Gasteiger partial charge is 0.244 e. The molecule has 0 fully saturated rings. The molecule has 0 radical (unpaired) electrons. The Morgan fingerprint density at radius 3 is 2.76 bits per heavy atom. The van der Waals surface area contributed by atoms with Gasteiger partial charge in [0.1, 0.15) is 5.69 Å². The molecule has 29 heavy (non-hydrogen) atoms. The third kappa shape index (κ3) is 4.50. The summed E-state index contributed by atoms with van der Waals surface area (Å²) in [5, 5.41) is 9.69. The normalized spacial score (nSPS) is 11.1. The van der Waals surface area contributed by atoms with Gasteiger partial charge < -0.3 is 5.32 Å². The first-order chi connectivity index (χ1) is 14.2. The lowest BCUT2D eigenvalue weighted by Gasteiger charge is -2.01. The first-order valence-electron chi connectivity index (χ1n) is 9.25. The Balaban J connectivity index is 1.58. The summed E-state index contributed by atoms with van der Waals surface area (Å²) in [7, 11) is 0. The lowest BCUT2D eigenvalue weighted by atomic mass is 10.1. The van der Waals surface area contributed by atoms with Gasteiger partial charge in [0.25, 0.3) is 0 Å². The van der Waals surface area contributed by atoms with Crippen LogP contribution in [0.3, 0.4) is 0 Å². The van der Waals surface area contributed by atoms with Crippen LogP contribution in [0.4, 0.5) is 0 Å². The summed E-state index contributed by atoms with van der Waals surface area (Å²) in [5.74, 6) is -0.137. The van der Waals surface area contributed by atoms with Crippen molar-refractivity contribution in [1.82, 2.24) is 20.1 Å². The fourth-order valence-electron chi connectivity index (χ4n) is 2.93. The number of aromatic nitrogens is 3. The Morgan fingerprint density at radius 2 is 2.03 bits per heavy atom. The highest BCUT2D eigenvalue weighted by Crippen LogP contribution is 2.24. The van der Waals surface area contributed by atoms with E-state index in [1.165, 1.54) is 10.4 Å². The lowest BCUT2D eigenvalue weighted by Crippen LogP contribution is -2.19. The van der Waals surface area contributed by atoms with Crippen LogP contribution >= 0.6 is 11.3 Å². The van der Waals surface area contributed by atoms with Crippen LogP contribution in [0, 0.1) is 6.92 Å². The monoisotopic (exact) mass is 400 g/mol. The molecule has 0 bridgehead atoms. The van der Waals surface area contributed by atoms with Crippen LogP contribution in [0.5, 0.6) is 0 Å². The number of carbonyl (C=O) groups excluding carboxylic acids is 1. The SMILES string of the molecule is Cc1ccsc1CNC(=O)/C=C/c1cn(-c2ccccc2)nc1-c1cccnc1. The molecule has 0 aliphatic rings. The van der Waals surface area contributed by atoms with E-state index in [0.29, 0.717) is 6.54 Å². The minimum absolute atomic E-state index is 0.137. The first-order valence-corrected chi connectivity index (χ1v) is 10.1. The maximum Gasteiger partial charge on any atom is 0.244 e. The van der Waals surface area contributed by atoms with Crippen molar-refractivity contribution >= 4 is 23.3 Å². The minimum Gasteiger partial charge on any atom is -0.348 e. The number of pyridine rings is 1. The van der Waals surface area contributed by atoms with Crippen molar-refractivity contribution in [3.63, 3.8) is 0 Å². The molecule has 1 amide bonds. The van der Waals surface area contributed by atoms with E-state index in [0.717, 1.165) is 22.5 Å². The molecule has 0 unspecified atom stereocenters. The van der Waals surface area contributed by atoms with Crippen molar-refractivity contribution in [1.29, 1.82) is 0 Å². The van der Waals surface area contributed by atoms with Crippen LogP contribution in [0.2, 0.25) is 0 Å². The molecule has 0 aliphatic carbocycles. The van der Waals surface area contributed by atoms with E-state index in [9.17, 15) is 4.79 Å². The molecule has 1 aromatic carbocycles. The summed E-state index contributed by atoms with van der Waals surface area (Å²) in [6, 6.07) is 15.8. The number of rotatable bonds is 6. The Morgan fingerprint density at radius 1 is 1.17 bits per heavy atom. The van der Waals surface area contributed by atoms with Crippen LogP contribution < -0.4 is 5.32 Å². The zero-order chi connectivity index (χ0) is 20.1. The number of hydrogen-bond acceptors (Lipinski definition) is 4. The summed E-state index contributed by atoms with van der Waals surface area (Å²) < 4.78 is 1.81. The molecule has 4 aromatic rings. The molecular weight excluding hydrogens is 380 g/mol. The zero-order valence-corrected chi connectivity index (χ0v) is 16.8. The van der Waals surface area contributed by atoms with Gasteiger partial charge in [-0.25, -0.2) is 4.68 Å². The average molecular weight is 401 g/mol. The number of aryl methyl sites for hydroxylation is 1. The van der Waals surface area contributed by atoms with Crippen LogP contribution in [-0.2, 0) is 11.3 Å². The van der Waals surface area contributed by atoms with Crippen molar-refractivity contribution in [3.8, 4) is 16.9 Å². The fraction of sp³-hybridized carbons (Fsp3) is 0.0870. The molecule has 0 atom stereocenters. The van der Waals surface area contributed by atoms with Gasteiger partial charge in [0.05, 0.1) is 12.2 Å². The third-order valence-electron chi connectivity index (χ3n) is 4.50. The summed E-state index contributed by atoms with van der Waals surface area (Å²) in [6.45, 7) is 2.58. The van der Waals surface area contributed by atoms with E-state index >= 15 is 0 Å². The molecule has 144 valence electrons. The van der Waals surface area contributed by atoms with E-state index < -0.39 is 0 Å². The van der Waals surface area contributed by atoms with Crippen LogP contribution in [0.1, 0.15) is 16.0 Å². The van der Waals surface area contributed by atoms with Crippen LogP contribution in [0.25, 0.3) is 23.0 Å². The summed E-state index contributed by atoms with van der Waals surface area (Å²) in [4.78, 5) is 17.7. The number of amides is 1. The minimum atomic E-state index is -0.137. The highest BCUT2D eigenvalue weighted by molar-refractivity contribution is 7.10. The second-order valence-electron chi connectivity index (χ2n) is 6.53. The molecular formula is C23H20N4OS. The number of benzene rings is 1. The summed E-state index contributed by atoms with van der Waals surface area (Å²) in [5.41, 5.74) is 4.68. The number of carbonyl (C=O) groups is 1. The third-order valence-corrected chi connectivity index (χ3v) is 5.53. The highest BCUT2D eigenvalue weighted by Gasteiger charge is 2.11. The second-order valence-corrected chi connectivity index (χ2v) is 7.53. The second kappa shape index (κ2) is 8.67. The van der Waals surface area contributed by atoms with Gasteiger partial charge >= 0.3 is 0 Å².